The quantitative estimate of drug-likeness (QED) is 0.713. The number of aromatic nitrogens is 1. The molecule has 0 aromatic carbocycles. The fourth-order valence-corrected chi connectivity index (χ4v) is 1.99. The second kappa shape index (κ2) is 7.50. The van der Waals surface area contributed by atoms with Crippen LogP contribution in [0.1, 0.15) is 45.6 Å². The molecule has 0 unspecified atom stereocenters. The van der Waals surface area contributed by atoms with Crippen LogP contribution in [0.3, 0.4) is 0 Å². The van der Waals surface area contributed by atoms with Crippen LogP contribution in [0, 0.1) is 5.92 Å². The summed E-state index contributed by atoms with van der Waals surface area (Å²) >= 11 is 0. The third-order valence-corrected chi connectivity index (χ3v) is 3.21. The molecule has 1 heterocycles. The first-order chi connectivity index (χ1) is 7.80. The van der Waals surface area contributed by atoms with Crippen molar-refractivity contribution >= 4 is 0 Å². The maximum Gasteiger partial charge on any atom is 0.0220 e. The molecule has 0 amide bonds. The van der Waals surface area contributed by atoms with E-state index in [0.29, 0.717) is 0 Å². The molecule has 0 fully saturated rings. The van der Waals surface area contributed by atoms with Crippen LogP contribution < -0.4 is 5.32 Å². The van der Waals surface area contributed by atoms with E-state index in [1.54, 1.807) is 0 Å². The van der Waals surface area contributed by atoms with Gasteiger partial charge in [-0.1, -0.05) is 33.6 Å². The molecule has 0 saturated carbocycles. The molecule has 0 aliphatic carbocycles. The molecule has 16 heavy (non-hydrogen) atoms. The van der Waals surface area contributed by atoms with Crippen LogP contribution in [0.2, 0.25) is 0 Å². The molecule has 1 rings (SSSR count). The summed E-state index contributed by atoms with van der Waals surface area (Å²) in [4.78, 5) is 0. The smallest absolute Gasteiger partial charge is 0.0220 e. The molecule has 92 valence electrons. The van der Waals surface area contributed by atoms with Gasteiger partial charge in [0.05, 0.1) is 0 Å². The highest BCUT2D eigenvalue weighted by Crippen LogP contribution is 2.06. The molecule has 0 aliphatic rings. The first-order valence-corrected chi connectivity index (χ1v) is 6.65. The van der Waals surface area contributed by atoms with Crippen molar-refractivity contribution in [3.05, 3.63) is 24.0 Å². The Morgan fingerprint density at radius 1 is 1.25 bits per heavy atom. The minimum atomic E-state index is 0.831. The molecule has 0 spiro atoms. The molecule has 2 heteroatoms. The molecule has 0 bridgehead atoms. The Balaban J connectivity index is 2.25. The van der Waals surface area contributed by atoms with Crippen molar-refractivity contribution in [1.82, 2.24) is 9.88 Å². The van der Waals surface area contributed by atoms with Crippen molar-refractivity contribution in [1.29, 1.82) is 0 Å². The summed E-state index contributed by atoms with van der Waals surface area (Å²) < 4.78 is 2.27. The normalized spacial score (nSPS) is 11.2. The Labute approximate surface area is 100 Å². The molecular formula is C14H26N2. The zero-order valence-electron chi connectivity index (χ0n) is 11.0. The van der Waals surface area contributed by atoms with Gasteiger partial charge in [-0.3, -0.25) is 0 Å². The minimum Gasteiger partial charge on any atom is -0.354 e. The molecule has 1 N–H and O–H groups in total. The van der Waals surface area contributed by atoms with Gasteiger partial charge in [-0.05, 0) is 30.5 Å². The molecule has 0 radical (unpaired) electrons. The van der Waals surface area contributed by atoms with Gasteiger partial charge in [0.1, 0.15) is 0 Å². The standard InChI is InChI=1S/C14H26N2/c1-4-8-16-9-7-14(12-16)11-15-10-13(5-2)6-3/h7,9,12-13,15H,4-6,8,10-11H2,1-3H3. The lowest BCUT2D eigenvalue weighted by Gasteiger charge is -2.12. The zero-order valence-corrected chi connectivity index (χ0v) is 11.0. The maximum atomic E-state index is 3.55. The highest BCUT2D eigenvalue weighted by molar-refractivity contribution is 5.09. The van der Waals surface area contributed by atoms with Crippen LogP contribution in [0.4, 0.5) is 0 Å². The molecule has 0 saturated heterocycles. The molecule has 0 aliphatic heterocycles. The van der Waals surface area contributed by atoms with Crippen molar-refractivity contribution in [3.8, 4) is 0 Å². The Hall–Kier alpha value is -0.760. The van der Waals surface area contributed by atoms with Gasteiger partial charge < -0.3 is 9.88 Å². The number of hydrogen-bond donors (Lipinski definition) is 1. The van der Waals surface area contributed by atoms with Crippen molar-refractivity contribution in [2.75, 3.05) is 6.54 Å². The van der Waals surface area contributed by atoms with Crippen molar-refractivity contribution < 1.29 is 0 Å². The van der Waals surface area contributed by atoms with E-state index in [2.05, 4.69) is 49.1 Å². The Kier molecular flexibility index (Phi) is 6.24. The molecule has 1 aromatic heterocycles. The van der Waals surface area contributed by atoms with E-state index >= 15 is 0 Å². The van der Waals surface area contributed by atoms with E-state index in [9.17, 15) is 0 Å². The summed E-state index contributed by atoms with van der Waals surface area (Å²) in [5.41, 5.74) is 1.40. The summed E-state index contributed by atoms with van der Waals surface area (Å²) in [5.74, 6) is 0.831. The highest BCUT2D eigenvalue weighted by atomic mass is 14.9. The van der Waals surface area contributed by atoms with Gasteiger partial charge in [0.2, 0.25) is 0 Å². The van der Waals surface area contributed by atoms with Crippen molar-refractivity contribution in [2.45, 2.75) is 53.1 Å². The first-order valence-electron chi connectivity index (χ1n) is 6.65. The fraction of sp³-hybridized carbons (Fsp3) is 0.714. The van der Waals surface area contributed by atoms with Crippen molar-refractivity contribution in [2.24, 2.45) is 5.92 Å². The van der Waals surface area contributed by atoms with Gasteiger partial charge >= 0.3 is 0 Å². The predicted octanol–water partition coefficient (Wildman–Crippen LogP) is 3.42. The maximum absolute atomic E-state index is 3.55. The number of nitrogens with zero attached hydrogens (tertiary/aromatic N) is 1. The lowest BCUT2D eigenvalue weighted by molar-refractivity contribution is 0.449. The fourth-order valence-electron chi connectivity index (χ4n) is 1.99. The monoisotopic (exact) mass is 222 g/mol. The highest BCUT2D eigenvalue weighted by Gasteiger charge is 2.02. The van der Waals surface area contributed by atoms with E-state index < -0.39 is 0 Å². The largest absolute Gasteiger partial charge is 0.354 e. The van der Waals surface area contributed by atoms with Crippen LogP contribution in [-0.2, 0) is 13.1 Å². The topological polar surface area (TPSA) is 17.0 Å². The molecular weight excluding hydrogens is 196 g/mol. The van der Waals surface area contributed by atoms with Crippen LogP contribution in [0.15, 0.2) is 18.5 Å². The number of aryl methyl sites for hydroxylation is 1. The van der Waals surface area contributed by atoms with Gasteiger partial charge in [0.25, 0.3) is 0 Å². The average Bonchev–Trinajstić information content (AvgIpc) is 2.73. The number of nitrogens with one attached hydrogen (secondary N) is 1. The van der Waals surface area contributed by atoms with Crippen molar-refractivity contribution in [3.63, 3.8) is 0 Å². The van der Waals surface area contributed by atoms with Gasteiger partial charge in [-0.2, -0.15) is 0 Å². The van der Waals surface area contributed by atoms with Gasteiger partial charge in [0, 0.05) is 25.5 Å². The molecule has 1 aromatic rings. The van der Waals surface area contributed by atoms with E-state index in [-0.39, 0.29) is 0 Å². The van der Waals surface area contributed by atoms with E-state index in [0.717, 1.165) is 25.6 Å². The van der Waals surface area contributed by atoms with E-state index in [4.69, 9.17) is 0 Å². The Morgan fingerprint density at radius 2 is 2.00 bits per heavy atom. The predicted molar refractivity (Wildman–Crippen MR) is 70.5 cm³/mol. The van der Waals surface area contributed by atoms with Gasteiger partial charge in [0.15, 0.2) is 0 Å². The second-order valence-electron chi connectivity index (χ2n) is 4.57. The lowest BCUT2D eigenvalue weighted by Crippen LogP contribution is -2.21. The van der Waals surface area contributed by atoms with Crippen LogP contribution >= 0.6 is 0 Å². The number of rotatable bonds is 8. The Bertz CT molecular complexity index is 274. The summed E-state index contributed by atoms with van der Waals surface area (Å²) in [6.45, 7) is 10.0. The van der Waals surface area contributed by atoms with Crippen LogP contribution in [-0.4, -0.2) is 11.1 Å². The second-order valence-corrected chi connectivity index (χ2v) is 4.57. The summed E-state index contributed by atoms with van der Waals surface area (Å²) in [5, 5.41) is 3.55. The zero-order chi connectivity index (χ0) is 11.8. The number of hydrogen-bond acceptors (Lipinski definition) is 1. The van der Waals surface area contributed by atoms with Crippen LogP contribution in [0.25, 0.3) is 0 Å². The van der Waals surface area contributed by atoms with Gasteiger partial charge in [-0.15, -0.1) is 0 Å². The van der Waals surface area contributed by atoms with E-state index in [1.165, 1.54) is 24.8 Å². The molecule has 0 atom stereocenters. The van der Waals surface area contributed by atoms with Gasteiger partial charge in [-0.25, -0.2) is 0 Å². The SMILES string of the molecule is CCCn1ccc(CNCC(CC)CC)c1. The van der Waals surface area contributed by atoms with E-state index in [1.807, 2.05) is 0 Å². The third kappa shape index (κ3) is 4.40. The first kappa shape index (κ1) is 13.3. The van der Waals surface area contributed by atoms with Crippen LogP contribution in [0.5, 0.6) is 0 Å². The summed E-state index contributed by atoms with van der Waals surface area (Å²) in [6.07, 6.45) is 8.19. The molecule has 2 nitrogen and oxygen atoms in total. The average molecular weight is 222 g/mol. The lowest BCUT2D eigenvalue weighted by atomic mass is 10.0. The minimum absolute atomic E-state index is 0.831. The third-order valence-electron chi connectivity index (χ3n) is 3.21. The summed E-state index contributed by atoms with van der Waals surface area (Å²) in [6, 6.07) is 2.22. The summed E-state index contributed by atoms with van der Waals surface area (Å²) in [7, 11) is 0. The Morgan fingerprint density at radius 3 is 2.62 bits per heavy atom.